The van der Waals surface area contributed by atoms with Crippen molar-refractivity contribution in [2.75, 3.05) is 13.7 Å². The maximum absolute atomic E-state index is 11.5. The standard InChI is InChI=1S/C13H15NO4/c1-3-18-13(16)6-12-9(7-14)4-11(17-2)5-10(12)8-15/h4-5,15H,3,6,8H2,1-2H3. The lowest BCUT2D eigenvalue weighted by molar-refractivity contribution is -0.142. The highest BCUT2D eigenvalue weighted by Crippen LogP contribution is 2.23. The van der Waals surface area contributed by atoms with Gasteiger partial charge in [-0.2, -0.15) is 5.26 Å². The minimum absolute atomic E-state index is 0.0311. The molecule has 5 nitrogen and oxygen atoms in total. The fraction of sp³-hybridized carbons (Fsp3) is 0.385. The van der Waals surface area contributed by atoms with Gasteiger partial charge in [0, 0.05) is 0 Å². The fourth-order valence-electron chi connectivity index (χ4n) is 1.63. The van der Waals surface area contributed by atoms with Crippen molar-refractivity contribution in [3.63, 3.8) is 0 Å². The van der Waals surface area contributed by atoms with Gasteiger partial charge in [0.2, 0.25) is 0 Å². The molecule has 0 fully saturated rings. The van der Waals surface area contributed by atoms with E-state index in [0.29, 0.717) is 22.4 Å². The number of hydrogen-bond acceptors (Lipinski definition) is 5. The summed E-state index contributed by atoms with van der Waals surface area (Å²) in [6.45, 7) is 1.73. The molecule has 1 N–H and O–H groups in total. The predicted octanol–water partition coefficient (Wildman–Crippen LogP) is 1.16. The molecule has 1 rings (SSSR count). The van der Waals surface area contributed by atoms with Crippen LogP contribution in [0.15, 0.2) is 12.1 Å². The molecule has 1 aromatic carbocycles. The van der Waals surface area contributed by atoms with Crippen LogP contribution in [0.1, 0.15) is 23.6 Å². The first kappa shape index (κ1) is 14.0. The van der Waals surface area contributed by atoms with E-state index in [1.165, 1.54) is 13.2 Å². The maximum atomic E-state index is 11.5. The second-order valence-electron chi connectivity index (χ2n) is 3.56. The first-order valence-corrected chi connectivity index (χ1v) is 5.52. The van der Waals surface area contributed by atoms with E-state index >= 15 is 0 Å². The lowest BCUT2D eigenvalue weighted by Crippen LogP contribution is -2.11. The van der Waals surface area contributed by atoms with Crippen molar-refractivity contribution >= 4 is 5.97 Å². The number of benzene rings is 1. The van der Waals surface area contributed by atoms with E-state index in [0.717, 1.165) is 0 Å². The van der Waals surface area contributed by atoms with Gasteiger partial charge in [0.1, 0.15) is 5.75 Å². The number of rotatable bonds is 5. The molecule has 0 spiro atoms. The van der Waals surface area contributed by atoms with Gasteiger partial charge in [0.25, 0.3) is 0 Å². The van der Waals surface area contributed by atoms with Gasteiger partial charge < -0.3 is 14.6 Å². The topological polar surface area (TPSA) is 79.6 Å². The lowest BCUT2D eigenvalue weighted by Gasteiger charge is -2.11. The number of carbonyl (C=O) groups is 1. The van der Waals surface area contributed by atoms with Crippen molar-refractivity contribution in [2.45, 2.75) is 20.0 Å². The molecule has 0 amide bonds. The van der Waals surface area contributed by atoms with Crippen LogP contribution in [0, 0.1) is 11.3 Å². The smallest absolute Gasteiger partial charge is 0.310 e. The summed E-state index contributed by atoms with van der Waals surface area (Å²) in [6, 6.07) is 5.14. The largest absolute Gasteiger partial charge is 0.497 e. The second kappa shape index (κ2) is 6.62. The average molecular weight is 249 g/mol. The summed E-state index contributed by atoms with van der Waals surface area (Å²) in [5.41, 5.74) is 1.30. The Morgan fingerprint density at radius 2 is 2.22 bits per heavy atom. The molecule has 5 heteroatoms. The van der Waals surface area contributed by atoms with Crippen molar-refractivity contribution in [3.05, 3.63) is 28.8 Å². The molecule has 0 aliphatic rings. The molecule has 0 atom stereocenters. The minimum Gasteiger partial charge on any atom is -0.497 e. The van der Waals surface area contributed by atoms with Gasteiger partial charge in [0.05, 0.1) is 38.4 Å². The monoisotopic (exact) mass is 249 g/mol. The number of nitrogens with zero attached hydrogens (tertiary/aromatic N) is 1. The van der Waals surface area contributed by atoms with Crippen LogP contribution in [0.4, 0.5) is 0 Å². The molecular weight excluding hydrogens is 234 g/mol. The Hall–Kier alpha value is -2.06. The molecule has 96 valence electrons. The summed E-state index contributed by atoms with van der Waals surface area (Å²) in [6.07, 6.45) is -0.0311. The summed E-state index contributed by atoms with van der Waals surface area (Å²) in [7, 11) is 1.47. The molecule has 0 saturated carbocycles. The Kier molecular flexibility index (Phi) is 5.15. The van der Waals surface area contributed by atoms with Gasteiger partial charge in [-0.1, -0.05) is 0 Å². The van der Waals surface area contributed by atoms with Crippen LogP contribution in [-0.4, -0.2) is 24.8 Å². The Balaban J connectivity index is 3.15. The van der Waals surface area contributed by atoms with Gasteiger partial charge in [-0.15, -0.1) is 0 Å². The number of hydrogen-bond donors (Lipinski definition) is 1. The van der Waals surface area contributed by atoms with E-state index in [1.54, 1.807) is 13.0 Å². The average Bonchev–Trinajstić information content (AvgIpc) is 2.39. The molecule has 1 aromatic rings. The zero-order chi connectivity index (χ0) is 13.5. The number of aliphatic hydroxyl groups is 1. The van der Waals surface area contributed by atoms with Gasteiger partial charge >= 0.3 is 5.97 Å². The second-order valence-corrected chi connectivity index (χ2v) is 3.56. The zero-order valence-corrected chi connectivity index (χ0v) is 10.4. The molecule has 0 aromatic heterocycles. The number of ether oxygens (including phenoxy) is 2. The number of esters is 1. The van der Waals surface area contributed by atoms with Crippen molar-refractivity contribution in [3.8, 4) is 11.8 Å². The molecule has 0 heterocycles. The molecule has 0 saturated heterocycles. The molecule has 0 radical (unpaired) electrons. The number of aliphatic hydroxyl groups excluding tert-OH is 1. The van der Waals surface area contributed by atoms with E-state index < -0.39 is 5.97 Å². The Morgan fingerprint density at radius 3 is 2.72 bits per heavy atom. The van der Waals surface area contributed by atoms with Crippen LogP contribution in [-0.2, 0) is 22.6 Å². The molecule has 0 unspecified atom stereocenters. The molecule has 0 bridgehead atoms. The van der Waals surface area contributed by atoms with E-state index in [9.17, 15) is 9.90 Å². The van der Waals surface area contributed by atoms with E-state index in [2.05, 4.69) is 0 Å². The van der Waals surface area contributed by atoms with E-state index in [-0.39, 0.29) is 19.6 Å². The first-order valence-electron chi connectivity index (χ1n) is 5.52. The lowest BCUT2D eigenvalue weighted by atomic mass is 9.98. The maximum Gasteiger partial charge on any atom is 0.310 e. The van der Waals surface area contributed by atoms with Gasteiger partial charge in [-0.05, 0) is 30.2 Å². The molecule has 0 aliphatic heterocycles. The highest BCUT2D eigenvalue weighted by Gasteiger charge is 2.15. The molecule has 0 aliphatic carbocycles. The minimum atomic E-state index is -0.422. The van der Waals surface area contributed by atoms with Crippen LogP contribution < -0.4 is 4.74 Å². The Labute approximate surface area is 106 Å². The van der Waals surface area contributed by atoms with Gasteiger partial charge in [0.15, 0.2) is 0 Å². The van der Waals surface area contributed by atoms with E-state index in [1.807, 2.05) is 6.07 Å². The highest BCUT2D eigenvalue weighted by molar-refractivity contribution is 5.74. The zero-order valence-electron chi connectivity index (χ0n) is 10.4. The first-order chi connectivity index (χ1) is 8.65. The SMILES string of the molecule is CCOC(=O)Cc1c(C#N)cc(OC)cc1CO. The molecular formula is C13H15NO4. The van der Waals surface area contributed by atoms with Gasteiger partial charge in [-0.3, -0.25) is 4.79 Å². The summed E-state index contributed by atoms with van der Waals surface area (Å²) < 4.78 is 9.87. The third-order valence-electron chi connectivity index (χ3n) is 2.47. The van der Waals surface area contributed by atoms with Crippen LogP contribution in [0.25, 0.3) is 0 Å². The molecule has 18 heavy (non-hydrogen) atoms. The van der Waals surface area contributed by atoms with Crippen LogP contribution in [0.2, 0.25) is 0 Å². The summed E-state index contributed by atoms with van der Waals surface area (Å²) in [4.78, 5) is 11.5. The number of methoxy groups -OCH3 is 1. The van der Waals surface area contributed by atoms with Crippen molar-refractivity contribution in [1.29, 1.82) is 5.26 Å². The Morgan fingerprint density at radius 1 is 1.50 bits per heavy atom. The van der Waals surface area contributed by atoms with E-state index in [4.69, 9.17) is 14.7 Å². The summed E-state index contributed by atoms with van der Waals surface area (Å²) in [5.74, 6) is 0.0528. The van der Waals surface area contributed by atoms with Crippen molar-refractivity contribution < 1.29 is 19.4 Å². The Bertz CT molecular complexity index is 477. The normalized spacial score (nSPS) is 9.67. The number of carbonyl (C=O) groups excluding carboxylic acids is 1. The third-order valence-corrected chi connectivity index (χ3v) is 2.47. The quantitative estimate of drug-likeness (QED) is 0.792. The highest BCUT2D eigenvalue weighted by atomic mass is 16.5. The van der Waals surface area contributed by atoms with Crippen molar-refractivity contribution in [2.24, 2.45) is 0 Å². The van der Waals surface area contributed by atoms with Crippen LogP contribution in [0.3, 0.4) is 0 Å². The third kappa shape index (κ3) is 3.22. The van der Waals surface area contributed by atoms with Gasteiger partial charge in [-0.25, -0.2) is 0 Å². The summed E-state index contributed by atoms with van der Waals surface area (Å²) in [5, 5.41) is 18.3. The van der Waals surface area contributed by atoms with Crippen LogP contribution >= 0.6 is 0 Å². The fourth-order valence-corrected chi connectivity index (χ4v) is 1.63. The van der Waals surface area contributed by atoms with Crippen LogP contribution in [0.5, 0.6) is 5.75 Å². The van der Waals surface area contributed by atoms with Crippen molar-refractivity contribution in [1.82, 2.24) is 0 Å². The predicted molar refractivity (Wildman–Crippen MR) is 64.0 cm³/mol. The number of nitriles is 1. The summed E-state index contributed by atoms with van der Waals surface area (Å²) >= 11 is 0.